The standard InChI is InChI=1S/C32H67N.ClH/c1-4-7-9-11-13-14-15-16-17-18-19-20-21-22-23-24-25-26-28-30-32-33(6-3)31-29-27-12-10-8-5-2;/h4-32H2,1-3H3;1H. The van der Waals surface area contributed by atoms with Gasteiger partial charge in [-0.25, -0.2) is 0 Å². The Kier molecular flexibility index (Phi) is 35.6. The molecule has 34 heavy (non-hydrogen) atoms. The highest BCUT2D eigenvalue weighted by Crippen LogP contribution is 2.15. The summed E-state index contributed by atoms with van der Waals surface area (Å²) >= 11 is 0. The molecule has 0 aromatic heterocycles. The van der Waals surface area contributed by atoms with Crippen LogP contribution in [0.3, 0.4) is 0 Å². The van der Waals surface area contributed by atoms with Gasteiger partial charge < -0.3 is 4.90 Å². The normalized spacial score (nSPS) is 11.3. The van der Waals surface area contributed by atoms with Crippen LogP contribution in [0, 0.1) is 0 Å². The minimum Gasteiger partial charge on any atom is -0.304 e. The van der Waals surface area contributed by atoms with Crippen LogP contribution in [-0.4, -0.2) is 24.5 Å². The lowest BCUT2D eigenvalue weighted by Gasteiger charge is -2.20. The van der Waals surface area contributed by atoms with Crippen molar-refractivity contribution in [2.75, 3.05) is 19.6 Å². The molecule has 0 aliphatic heterocycles. The van der Waals surface area contributed by atoms with Gasteiger partial charge in [0.1, 0.15) is 0 Å². The highest BCUT2D eigenvalue weighted by molar-refractivity contribution is 5.85. The highest BCUT2D eigenvalue weighted by atomic mass is 35.5. The van der Waals surface area contributed by atoms with Gasteiger partial charge in [-0.15, -0.1) is 12.4 Å². The molecule has 0 N–H and O–H groups in total. The Morgan fingerprint density at radius 1 is 0.294 bits per heavy atom. The van der Waals surface area contributed by atoms with Gasteiger partial charge in [-0.05, 0) is 32.5 Å². The van der Waals surface area contributed by atoms with Crippen LogP contribution in [0.4, 0.5) is 0 Å². The largest absolute Gasteiger partial charge is 0.304 e. The second-order valence-electron chi connectivity index (χ2n) is 10.9. The van der Waals surface area contributed by atoms with Crippen molar-refractivity contribution < 1.29 is 0 Å². The molecule has 0 unspecified atom stereocenters. The maximum atomic E-state index is 2.69. The van der Waals surface area contributed by atoms with Crippen LogP contribution in [0.15, 0.2) is 0 Å². The number of rotatable bonds is 29. The lowest BCUT2D eigenvalue weighted by atomic mass is 10.0. The molecule has 0 heterocycles. The molecule has 208 valence electrons. The van der Waals surface area contributed by atoms with E-state index < -0.39 is 0 Å². The van der Waals surface area contributed by atoms with Gasteiger partial charge in [0.05, 0.1) is 0 Å². The van der Waals surface area contributed by atoms with Crippen LogP contribution in [0.2, 0.25) is 0 Å². The summed E-state index contributed by atoms with van der Waals surface area (Å²) in [4.78, 5) is 2.69. The van der Waals surface area contributed by atoms with Crippen LogP contribution in [0.25, 0.3) is 0 Å². The third-order valence-electron chi connectivity index (χ3n) is 7.60. The zero-order valence-corrected chi connectivity index (χ0v) is 25.2. The average molecular weight is 502 g/mol. The number of halogens is 1. The summed E-state index contributed by atoms with van der Waals surface area (Å²) in [6.45, 7) is 10.9. The quantitative estimate of drug-likeness (QED) is 0.0920. The molecule has 0 spiro atoms. The number of nitrogens with zero attached hydrogens (tertiary/aromatic N) is 1. The predicted molar refractivity (Wildman–Crippen MR) is 161 cm³/mol. The van der Waals surface area contributed by atoms with Crippen molar-refractivity contribution in [3.8, 4) is 0 Å². The van der Waals surface area contributed by atoms with Crippen LogP contribution < -0.4 is 0 Å². The molecule has 0 saturated carbocycles. The molecular formula is C32H68ClN. The summed E-state index contributed by atoms with van der Waals surface area (Å²) in [7, 11) is 0. The van der Waals surface area contributed by atoms with Gasteiger partial charge >= 0.3 is 0 Å². The molecule has 1 nitrogen and oxygen atoms in total. The van der Waals surface area contributed by atoms with Gasteiger partial charge in [-0.1, -0.05) is 175 Å². The monoisotopic (exact) mass is 502 g/mol. The van der Waals surface area contributed by atoms with E-state index in [1.807, 2.05) is 0 Å². The fraction of sp³-hybridized carbons (Fsp3) is 1.00. The number of hydrogen-bond acceptors (Lipinski definition) is 1. The maximum Gasteiger partial charge on any atom is -0.00189 e. The molecule has 0 saturated heterocycles. The third kappa shape index (κ3) is 30.3. The third-order valence-corrected chi connectivity index (χ3v) is 7.60. The molecule has 0 aliphatic carbocycles. The first kappa shape index (κ1) is 36.4. The fourth-order valence-corrected chi connectivity index (χ4v) is 5.13. The number of hydrogen-bond donors (Lipinski definition) is 0. The minimum atomic E-state index is 0. The van der Waals surface area contributed by atoms with Crippen molar-refractivity contribution >= 4 is 12.4 Å². The smallest absolute Gasteiger partial charge is 0.00189 e. The molecule has 0 radical (unpaired) electrons. The second-order valence-corrected chi connectivity index (χ2v) is 10.9. The lowest BCUT2D eigenvalue weighted by Crippen LogP contribution is -2.25. The Balaban J connectivity index is 0. The fourth-order valence-electron chi connectivity index (χ4n) is 5.13. The van der Waals surface area contributed by atoms with Crippen molar-refractivity contribution in [3.05, 3.63) is 0 Å². The Hall–Kier alpha value is 0.250. The van der Waals surface area contributed by atoms with Gasteiger partial charge in [0.25, 0.3) is 0 Å². The molecule has 0 aliphatic rings. The minimum absolute atomic E-state index is 0. The molecule has 0 amide bonds. The predicted octanol–water partition coefficient (Wildman–Crippen LogP) is 11.9. The van der Waals surface area contributed by atoms with E-state index in [0.29, 0.717) is 0 Å². The molecule has 0 aromatic rings. The van der Waals surface area contributed by atoms with Gasteiger partial charge in [-0.3, -0.25) is 0 Å². The Morgan fingerprint density at radius 2 is 0.500 bits per heavy atom. The van der Waals surface area contributed by atoms with E-state index in [-0.39, 0.29) is 12.4 Å². The first-order valence-electron chi connectivity index (χ1n) is 16.1. The second kappa shape index (κ2) is 33.2. The SMILES string of the molecule is CCCCCCCCCCCCCCCCCCCCCCN(CC)CCCCCCCC.Cl. The number of unbranched alkanes of at least 4 members (excludes halogenated alkanes) is 24. The van der Waals surface area contributed by atoms with E-state index in [2.05, 4.69) is 25.7 Å². The van der Waals surface area contributed by atoms with Crippen molar-refractivity contribution in [2.45, 2.75) is 188 Å². The topological polar surface area (TPSA) is 3.24 Å². The summed E-state index contributed by atoms with van der Waals surface area (Å²) in [6.07, 6.45) is 37.9. The summed E-state index contributed by atoms with van der Waals surface area (Å²) in [6, 6.07) is 0. The molecule has 0 bridgehead atoms. The molecule has 0 fully saturated rings. The van der Waals surface area contributed by atoms with Gasteiger partial charge in [-0.2, -0.15) is 0 Å². The summed E-state index contributed by atoms with van der Waals surface area (Å²) in [5.74, 6) is 0. The Labute approximate surface area is 224 Å². The van der Waals surface area contributed by atoms with Crippen LogP contribution in [0.5, 0.6) is 0 Å². The van der Waals surface area contributed by atoms with E-state index in [1.165, 1.54) is 187 Å². The van der Waals surface area contributed by atoms with E-state index >= 15 is 0 Å². The molecule has 0 atom stereocenters. The van der Waals surface area contributed by atoms with Gasteiger partial charge in [0.2, 0.25) is 0 Å². The van der Waals surface area contributed by atoms with E-state index in [1.54, 1.807) is 0 Å². The van der Waals surface area contributed by atoms with Crippen LogP contribution in [0.1, 0.15) is 188 Å². The average Bonchev–Trinajstić information content (AvgIpc) is 2.83. The molecule has 0 aromatic carbocycles. The van der Waals surface area contributed by atoms with E-state index in [9.17, 15) is 0 Å². The molecule has 0 rings (SSSR count). The van der Waals surface area contributed by atoms with Gasteiger partial charge in [0.15, 0.2) is 0 Å². The summed E-state index contributed by atoms with van der Waals surface area (Å²) in [5.41, 5.74) is 0. The Morgan fingerprint density at radius 3 is 0.706 bits per heavy atom. The van der Waals surface area contributed by atoms with Gasteiger partial charge in [0, 0.05) is 0 Å². The van der Waals surface area contributed by atoms with E-state index in [4.69, 9.17) is 0 Å². The zero-order valence-electron chi connectivity index (χ0n) is 24.4. The molecule has 2 heteroatoms. The van der Waals surface area contributed by atoms with E-state index in [0.717, 1.165) is 0 Å². The first-order chi connectivity index (χ1) is 16.3. The van der Waals surface area contributed by atoms with Crippen LogP contribution >= 0.6 is 12.4 Å². The lowest BCUT2D eigenvalue weighted by molar-refractivity contribution is 0.273. The van der Waals surface area contributed by atoms with Crippen molar-refractivity contribution in [1.29, 1.82) is 0 Å². The van der Waals surface area contributed by atoms with Crippen molar-refractivity contribution in [3.63, 3.8) is 0 Å². The molecular weight excluding hydrogens is 434 g/mol. The zero-order chi connectivity index (χ0) is 24.1. The van der Waals surface area contributed by atoms with Crippen molar-refractivity contribution in [1.82, 2.24) is 4.90 Å². The summed E-state index contributed by atoms with van der Waals surface area (Å²) < 4.78 is 0. The summed E-state index contributed by atoms with van der Waals surface area (Å²) in [5, 5.41) is 0. The first-order valence-corrected chi connectivity index (χ1v) is 16.1. The maximum absolute atomic E-state index is 2.69. The Bertz CT molecular complexity index is 333. The van der Waals surface area contributed by atoms with Crippen LogP contribution in [-0.2, 0) is 0 Å². The van der Waals surface area contributed by atoms with Crippen molar-refractivity contribution in [2.24, 2.45) is 0 Å². The highest BCUT2D eigenvalue weighted by Gasteiger charge is 2.02.